The summed E-state index contributed by atoms with van der Waals surface area (Å²) >= 11 is 3.65. The van der Waals surface area contributed by atoms with Crippen molar-refractivity contribution in [2.24, 2.45) is 4.99 Å². The highest BCUT2D eigenvalue weighted by atomic mass is 32.2. The number of nitrogens with zero attached hydrogens (tertiary/aromatic N) is 7. The number of piperazine rings is 1. The highest BCUT2D eigenvalue weighted by Gasteiger charge is 2.23. The van der Waals surface area contributed by atoms with E-state index >= 15 is 0 Å². The summed E-state index contributed by atoms with van der Waals surface area (Å²) in [5.41, 5.74) is 3.15. The second-order valence-electron chi connectivity index (χ2n) is 9.05. The average Bonchev–Trinajstić information content (AvgIpc) is 3.60. The molecule has 4 rings (SSSR count). The van der Waals surface area contributed by atoms with E-state index in [4.69, 9.17) is 4.98 Å². The minimum Gasteiger partial charge on any atom is -0.368 e. The first-order valence-corrected chi connectivity index (χ1v) is 14.9. The van der Waals surface area contributed by atoms with Crippen LogP contribution in [0.1, 0.15) is 45.2 Å². The van der Waals surface area contributed by atoms with Crippen LogP contribution in [0.25, 0.3) is 10.6 Å². The van der Waals surface area contributed by atoms with Crippen LogP contribution in [0, 0.1) is 6.92 Å². The monoisotopic (exact) mass is 542 g/mol. The zero-order valence-electron chi connectivity index (χ0n) is 23.0. The number of allylic oxidation sites excluding steroid dienone is 2. The molecule has 0 bridgehead atoms. The van der Waals surface area contributed by atoms with Gasteiger partial charge >= 0.3 is 0 Å². The Kier molecular flexibility index (Phi) is 11.9. The summed E-state index contributed by atoms with van der Waals surface area (Å²) in [6.07, 6.45) is 13.0. The Hall–Kier alpha value is -2.43. The lowest BCUT2D eigenvalue weighted by Gasteiger charge is -2.35. The lowest BCUT2D eigenvalue weighted by Crippen LogP contribution is -2.42. The molecule has 1 saturated heterocycles. The van der Waals surface area contributed by atoms with Crippen molar-refractivity contribution >= 4 is 41.1 Å². The second-order valence-corrected chi connectivity index (χ2v) is 11.4. The van der Waals surface area contributed by atoms with Crippen molar-refractivity contribution in [2.45, 2.75) is 52.5 Å². The molecule has 0 spiro atoms. The molecule has 0 amide bonds. The SMILES string of the molecule is C=N/C=C(\C=C/C)N1CCN(SCC)CC1.CNc1nccc(-c2sc(N(C)C3CCCC3)nc2C)n1. The third-order valence-corrected chi connectivity index (χ3v) is 8.81. The van der Waals surface area contributed by atoms with Crippen LogP contribution in [0.3, 0.4) is 0 Å². The molecular weight excluding hydrogens is 500 g/mol. The van der Waals surface area contributed by atoms with Gasteiger partial charge in [0.25, 0.3) is 0 Å². The average molecular weight is 543 g/mol. The number of hydrogen-bond donors (Lipinski definition) is 1. The zero-order chi connectivity index (χ0) is 26.6. The van der Waals surface area contributed by atoms with Gasteiger partial charge in [0.2, 0.25) is 5.95 Å². The summed E-state index contributed by atoms with van der Waals surface area (Å²) in [6, 6.07) is 2.59. The van der Waals surface area contributed by atoms with Gasteiger partial charge in [0.15, 0.2) is 5.13 Å². The Morgan fingerprint density at radius 1 is 1.27 bits per heavy atom. The number of aromatic nitrogens is 3. The van der Waals surface area contributed by atoms with Gasteiger partial charge in [-0.15, -0.1) is 0 Å². The largest absolute Gasteiger partial charge is 0.368 e. The minimum atomic E-state index is 0.640. The van der Waals surface area contributed by atoms with E-state index in [9.17, 15) is 0 Å². The predicted molar refractivity (Wildman–Crippen MR) is 162 cm³/mol. The van der Waals surface area contributed by atoms with Gasteiger partial charge in [0.05, 0.1) is 22.0 Å². The molecule has 2 fully saturated rings. The smallest absolute Gasteiger partial charge is 0.222 e. The minimum absolute atomic E-state index is 0.640. The van der Waals surface area contributed by atoms with Crippen LogP contribution in [0.5, 0.6) is 0 Å². The summed E-state index contributed by atoms with van der Waals surface area (Å²) in [4.78, 5) is 23.1. The maximum absolute atomic E-state index is 4.75. The van der Waals surface area contributed by atoms with Gasteiger partial charge in [0.1, 0.15) is 0 Å². The Bertz CT molecular complexity index is 1040. The van der Waals surface area contributed by atoms with Gasteiger partial charge in [0, 0.05) is 64.5 Å². The molecule has 1 aliphatic heterocycles. The number of nitrogens with one attached hydrogen (secondary N) is 1. The van der Waals surface area contributed by atoms with Crippen molar-refractivity contribution in [3.63, 3.8) is 0 Å². The lowest BCUT2D eigenvalue weighted by molar-refractivity contribution is 0.246. The first kappa shape index (κ1) is 29.1. The topological polar surface area (TPSA) is 72.8 Å². The molecule has 0 radical (unpaired) electrons. The van der Waals surface area contributed by atoms with Crippen LogP contribution >= 0.6 is 23.3 Å². The Labute approximate surface area is 231 Å². The molecule has 8 nitrogen and oxygen atoms in total. The molecule has 0 unspecified atom stereocenters. The quantitative estimate of drug-likeness (QED) is 0.245. The van der Waals surface area contributed by atoms with Crippen LogP contribution in [0.15, 0.2) is 41.3 Å². The van der Waals surface area contributed by atoms with Crippen LogP contribution in [-0.2, 0) is 0 Å². The molecule has 10 heteroatoms. The van der Waals surface area contributed by atoms with Crippen molar-refractivity contribution in [1.82, 2.24) is 24.2 Å². The highest BCUT2D eigenvalue weighted by molar-refractivity contribution is 7.96. The van der Waals surface area contributed by atoms with E-state index in [-0.39, 0.29) is 0 Å². The van der Waals surface area contributed by atoms with Crippen LogP contribution in [-0.4, -0.2) is 82.9 Å². The molecule has 0 atom stereocenters. The Morgan fingerprint density at radius 3 is 2.62 bits per heavy atom. The normalized spacial score (nSPS) is 17.1. The first-order valence-electron chi connectivity index (χ1n) is 13.1. The summed E-state index contributed by atoms with van der Waals surface area (Å²) in [5, 5.41) is 4.08. The third kappa shape index (κ3) is 8.28. The van der Waals surface area contributed by atoms with Crippen molar-refractivity contribution in [2.75, 3.05) is 56.2 Å². The second kappa shape index (κ2) is 15.1. The molecule has 1 saturated carbocycles. The zero-order valence-corrected chi connectivity index (χ0v) is 24.6. The van der Waals surface area contributed by atoms with E-state index < -0.39 is 0 Å². The number of aliphatic imine (C=N–C) groups is 1. The summed E-state index contributed by atoms with van der Waals surface area (Å²) in [6.45, 7) is 14.2. The van der Waals surface area contributed by atoms with Crippen molar-refractivity contribution in [1.29, 1.82) is 0 Å². The molecular formula is C27H42N8S2. The number of aryl methyl sites for hydroxylation is 1. The summed E-state index contributed by atoms with van der Waals surface area (Å²) in [5.74, 6) is 1.80. The standard InChI is InChI=1S/C15H21N5S.C12H21N3S/c1-10-13(12-8-9-17-14(16-2)19-12)21-15(18-10)20(3)11-6-4-5-7-11;1-4-6-12(11-13-3)14-7-9-15(10-8-14)16-5-2/h8-9,11H,4-7H2,1-3H3,(H,16,17,19);4,6,11H,3,5,7-10H2,1-2H3/b;6-4-,12-11+. The molecule has 37 heavy (non-hydrogen) atoms. The maximum Gasteiger partial charge on any atom is 0.222 e. The maximum atomic E-state index is 4.75. The molecule has 1 N–H and O–H groups in total. The van der Waals surface area contributed by atoms with Crippen molar-refractivity contribution < 1.29 is 0 Å². The third-order valence-electron chi connectivity index (χ3n) is 6.55. The fourth-order valence-corrected chi connectivity index (χ4v) is 6.43. The molecule has 2 aliphatic rings. The number of hydrogen-bond acceptors (Lipinski definition) is 10. The molecule has 2 aromatic rings. The van der Waals surface area contributed by atoms with Crippen LogP contribution in [0.2, 0.25) is 0 Å². The van der Waals surface area contributed by atoms with Gasteiger partial charge in [-0.3, -0.25) is 4.99 Å². The molecule has 202 valence electrons. The number of thiazole rings is 1. The molecule has 0 aromatic carbocycles. The van der Waals surface area contributed by atoms with Crippen LogP contribution in [0.4, 0.5) is 11.1 Å². The number of anilines is 2. The van der Waals surface area contributed by atoms with Gasteiger partial charge in [-0.05, 0) is 45.5 Å². The highest BCUT2D eigenvalue weighted by Crippen LogP contribution is 2.36. The summed E-state index contributed by atoms with van der Waals surface area (Å²) in [7, 11) is 4.00. The fourth-order valence-electron chi connectivity index (χ4n) is 4.58. The van der Waals surface area contributed by atoms with E-state index in [0.29, 0.717) is 12.0 Å². The first-order chi connectivity index (χ1) is 18.0. The van der Waals surface area contributed by atoms with Gasteiger partial charge in [-0.25, -0.2) is 19.3 Å². The van der Waals surface area contributed by atoms with Gasteiger partial charge < -0.3 is 15.1 Å². The lowest BCUT2D eigenvalue weighted by atomic mass is 10.2. The van der Waals surface area contributed by atoms with Gasteiger partial charge in [-0.1, -0.05) is 49.1 Å². The number of rotatable bonds is 9. The van der Waals surface area contributed by atoms with Crippen molar-refractivity contribution in [3.05, 3.63) is 42.0 Å². The molecule has 2 aromatic heterocycles. The van der Waals surface area contributed by atoms with E-state index in [1.54, 1.807) is 17.5 Å². The predicted octanol–water partition coefficient (Wildman–Crippen LogP) is 5.72. The van der Waals surface area contributed by atoms with Gasteiger partial charge in [-0.2, -0.15) is 0 Å². The molecule has 3 heterocycles. The Morgan fingerprint density at radius 2 is 2.00 bits per heavy atom. The van der Waals surface area contributed by atoms with E-state index in [1.165, 1.54) is 31.4 Å². The van der Waals surface area contributed by atoms with Crippen LogP contribution < -0.4 is 10.2 Å². The Balaban J connectivity index is 0.000000214. The molecule has 1 aliphatic carbocycles. The van der Waals surface area contributed by atoms with Crippen molar-refractivity contribution in [3.8, 4) is 10.6 Å². The fraction of sp³-hybridized carbons (Fsp3) is 0.556. The van der Waals surface area contributed by atoms with E-state index in [0.717, 1.165) is 53.3 Å². The van der Waals surface area contributed by atoms with E-state index in [2.05, 4.69) is 68.1 Å². The van der Waals surface area contributed by atoms with E-state index in [1.807, 2.05) is 44.3 Å². The summed E-state index contributed by atoms with van der Waals surface area (Å²) < 4.78 is 2.44.